The lowest BCUT2D eigenvalue weighted by Gasteiger charge is -2.23. The van der Waals surface area contributed by atoms with E-state index in [2.05, 4.69) is 31.2 Å². The summed E-state index contributed by atoms with van der Waals surface area (Å²) in [6, 6.07) is 18.2. The summed E-state index contributed by atoms with van der Waals surface area (Å²) < 4.78 is 5.56. The summed E-state index contributed by atoms with van der Waals surface area (Å²) in [6.45, 7) is 2.07. The molecule has 0 aliphatic heterocycles. The third kappa shape index (κ3) is 2.78. The Kier molecular flexibility index (Phi) is 4.13. The maximum Gasteiger partial charge on any atom is 0.101 e. The van der Waals surface area contributed by atoms with Gasteiger partial charge in [-0.05, 0) is 18.1 Å². The molecule has 2 rings (SSSR count). The summed E-state index contributed by atoms with van der Waals surface area (Å²) in [5.74, 6) is 0. The molecule has 0 radical (unpaired) electrons. The number of nitrogens with two attached hydrogens (primary N) is 1. The molecule has 0 saturated heterocycles. The van der Waals surface area contributed by atoms with Crippen LogP contribution in [0.5, 0.6) is 0 Å². The van der Waals surface area contributed by atoms with Crippen molar-refractivity contribution in [2.45, 2.75) is 19.1 Å². The van der Waals surface area contributed by atoms with Crippen LogP contribution in [0.15, 0.2) is 54.6 Å². The van der Waals surface area contributed by atoms with Crippen molar-refractivity contribution in [3.8, 4) is 0 Å². The van der Waals surface area contributed by atoms with Gasteiger partial charge in [-0.15, -0.1) is 0 Å². The van der Waals surface area contributed by atoms with Crippen LogP contribution in [0.2, 0.25) is 0 Å². The van der Waals surface area contributed by atoms with Crippen molar-refractivity contribution in [2.24, 2.45) is 5.73 Å². The molecule has 0 bridgehead atoms. The summed E-state index contributed by atoms with van der Waals surface area (Å²) in [5.41, 5.74) is 9.74. The molecule has 18 heavy (non-hydrogen) atoms. The molecule has 0 saturated carbocycles. The second kappa shape index (κ2) is 5.80. The minimum atomic E-state index is -0.155. The Morgan fingerprint density at radius 2 is 1.50 bits per heavy atom. The first-order valence-electron chi connectivity index (χ1n) is 6.12. The lowest BCUT2D eigenvalue weighted by atomic mass is 9.96. The van der Waals surface area contributed by atoms with E-state index in [1.807, 2.05) is 30.3 Å². The zero-order valence-electron chi connectivity index (χ0n) is 10.8. The van der Waals surface area contributed by atoms with Crippen molar-refractivity contribution < 1.29 is 4.74 Å². The SMILES string of the molecule is COC(c1ccccc1)C(N)c1ccc(C)cc1. The molecule has 0 spiro atoms. The van der Waals surface area contributed by atoms with E-state index in [1.165, 1.54) is 5.56 Å². The standard InChI is InChI=1S/C16H19NO/c1-12-8-10-13(11-9-12)15(17)16(18-2)14-6-4-3-5-7-14/h3-11,15-16H,17H2,1-2H3. The highest BCUT2D eigenvalue weighted by Gasteiger charge is 2.20. The van der Waals surface area contributed by atoms with Crippen LogP contribution in [0.4, 0.5) is 0 Å². The predicted molar refractivity (Wildman–Crippen MR) is 74.3 cm³/mol. The molecule has 2 aromatic rings. The second-order valence-corrected chi connectivity index (χ2v) is 4.50. The van der Waals surface area contributed by atoms with Crippen LogP contribution in [-0.2, 0) is 4.74 Å². The summed E-state index contributed by atoms with van der Waals surface area (Å²) in [5, 5.41) is 0. The Labute approximate surface area is 108 Å². The molecular weight excluding hydrogens is 222 g/mol. The van der Waals surface area contributed by atoms with E-state index < -0.39 is 0 Å². The lowest BCUT2D eigenvalue weighted by Crippen LogP contribution is -2.21. The summed E-state index contributed by atoms with van der Waals surface area (Å²) >= 11 is 0. The van der Waals surface area contributed by atoms with Crippen molar-refractivity contribution in [3.63, 3.8) is 0 Å². The fraction of sp³-hybridized carbons (Fsp3) is 0.250. The molecule has 2 unspecified atom stereocenters. The zero-order valence-corrected chi connectivity index (χ0v) is 10.8. The first kappa shape index (κ1) is 12.8. The van der Waals surface area contributed by atoms with Gasteiger partial charge in [0.1, 0.15) is 6.10 Å². The minimum absolute atomic E-state index is 0.117. The lowest BCUT2D eigenvalue weighted by molar-refractivity contribution is 0.0802. The second-order valence-electron chi connectivity index (χ2n) is 4.50. The monoisotopic (exact) mass is 241 g/mol. The highest BCUT2D eigenvalue weighted by atomic mass is 16.5. The maximum absolute atomic E-state index is 6.31. The normalized spacial score (nSPS) is 14.2. The Morgan fingerprint density at radius 3 is 2.06 bits per heavy atom. The highest BCUT2D eigenvalue weighted by Crippen LogP contribution is 2.29. The largest absolute Gasteiger partial charge is 0.375 e. The fourth-order valence-electron chi connectivity index (χ4n) is 2.10. The van der Waals surface area contributed by atoms with E-state index in [9.17, 15) is 0 Å². The maximum atomic E-state index is 6.31. The topological polar surface area (TPSA) is 35.2 Å². The molecular formula is C16H19NO. The molecule has 2 nitrogen and oxygen atoms in total. The summed E-state index contributed by atoms with van der Waals surface area (Å²) in [6.07, 6.45) is -0.117. The summed E-state index contributed by atoms with van der Waals surface area (Å²) in [7, 11) is 1.70. The zero-order chi connectivity index (χ0) is 13.0. The Balaban J connectivity index is 2.25. The van der Waals surface area contributed by atoms with Crippen LogP contribution >= 0.6 is 0 Å². The average Bonchev–Trinajstić information content (AvgIpc) is 2.41. The third-order valence-electron chi connectivity index (χ3n) is 3.17. The smallest absolute Gasteiger partial charge is 0.101 e. The molecule has 0 amide bonds. The quantitative estimate of drug-likeness (QED) is 0.890. The van der Waals surface area contributed by atoms with Gasteiger partial charge in [0.15, 0.2) is 0 Å². The van der Waals surface area contributed by atoms with Gasteiger partial charge in [-0.2, -0.15) is 0 Å². The fourth-order valence-corrected chi connectivity index (χ4v) is 2.10. The Hall–Kier alpha value is -1.64. The molecule has 2 heteroatoms. The molecule has 0 aliphatic carbocycles. The van der Waals surface area contributed by atoms with Gasteiger partial charge in [0.25, 0.3) is 0 Å². The van der Waals surface area contributed by atoms with E-state index in [-0.39, 0.29) is 12.1 Å². The van der Waals surface area contributed by atoms with Gasteiger partial charge < -0.3 is 10.5 Å². The number of hydrogen-bond acceptors (Lipinski definition) is 2. The average molecular weight is 241 g/mol. The van der Waals surface area contributed by atoms with Crippen molar-refractivity contribution in [2.75, 3.05) is 7.11 Å². The van der Waals surface area contributed by atoms with Crippen LogP contribution in [0.3, 0.4) is 0 Å². The van der Waals surface area contributed by atoms with Gasteiger partial charge in [-0.1, -0.05) is 60.2 Å². The molecule has 2 aromatic carbocycles. The molecule has 0 fully saturated rings. The first-order chi connectivity index (χ1) is 8.72. The van der Waals surface area contributed by atoms with Gasteiger partial charge in [-0.3, -0.25) is 0 Å². The summed E-state index contributed by atoms with van der Waals surface area (Å²) in [4.78, 5) is 0. The number of aryl methyl sites for hydroxylation is 1. The van der Waals surface area contributed by atoms with Crippen molar-refractivity contribution in [1.82, 2.24) is 0 Å². The van der Waals surface area contributed by atoms with Gasteiger partial charge in [0, 0.05) is 7.11 Å². The molecule has 0 aliphatic rings. The van der Waals surface area contributed by atoms with Crippen molar-refractivity contribution >= 4 is 0 Å². The van der Waals surface area contributed by atoms with Gasteiger partial charge in [0.2, 0.25) is 0 Å². The van der Waals surface area contributed by atoms with Crippen LogP contribution in [0.1, 0.15) is 28.8 Å². The third-order valence-corrected chi connectivity index (χ3v) is 3.17. The number of methoxy groups -OCH3 is 1. The van der Waals surface area contributed by atoms with Crippen molar-refractivity contribution in [1.29, 1.82) is 0 Å². The molecule has 94 valence electrons. The van der Waals surface area contributed by atoms with E-state index in [4.69, 9.17) is 10.5 Å². The van der Waals surface area contributed by atoms with Crippen LogP contribution < -0.4 is 5.73 Å². The van der Waals surface area contributed by atoms with E-state index in [1.54, 1.807) is 7.11 Å². The molecule has 2 atom stereocenters. The van der Waals surface area contributed by atoms with E-state index >= 15 is 0 Å². The molecule has 0 heterocycles. The van der Waals surface area contributed by atoms with Crippen LogP contribution in [-0.4, -0.2) is 7.11 Å². The Bertz CT molecular complexity index is 478. The van der Waals surface area contributed by atoms with E-state index in [0.717, 1.165) is 11.1 Å². The number of rotatable bonds is 4. The van der Waals surface area contributed by atoms with Gasteiger partial charge in [-0.25, -0.2) is 0 Å². The minimum Gasteiger partial charge on any atom is -0.375 e. The number of hydrogen-bond donors (Lipinski definition) is 1. The Morgan fingerprint density at radius 1 is 0.889 bits per heavy atom. The number of ether oxygens (including phenoxy) is 1. The molecule has 0 aromatic heterocycles. The van der Waals surface area contributed by atoms with Crippen LogP contribution in [0.25, 0.3) is 0 Å². The number of benzene rings is 2. The first-order valence-corrected chi connectivity index (χ1v) is 6.12. The van der Waals surface area contributed by atoms with E-state index in [0.29, 0.717) is 0 Å². The predicted octanol–water partition coefficient (Wildman–Crippen LogP) is 3.38. The van der Waals surface area contributed by atoms with Gasteiger partial charge >= 0.3 is 0 Å². The van der Waals surface area contributed by atoms with Crippen LogP contribution in [0, 0.1) is 6.92 Å². The van der Waals surface area contributed by atoms with Gasteiger partial charge in [0.05, 0.1) is 6.04 Å². The molecule has 2 N–H and O–H groups in total. The highest BCUT2D eigenvalue weighted by molar-refractivity contribution is 5.28. The van der Waals surface area contributed by atoms with Crippen molar-refractivity contribution in [3.05, 3.63) is 71.3 Å².